The van der Waals surface area contributed by atoms with Gasteiger partial charge < -0.3 is 34.8 Å². The number of aliphatic hydroxyl groups is 2. The van der Waals surface area contributed by atoms with Gasteiger partial charge in [0.15, 0.2) is 17.1 Å². The minimum Gasteiger partial charge on any atom is -0.493 e. The Balaban J connectivity index is 2.14. The van der Waals surface area contributed by atoms with E-state index in [-0.39, 0.29) is 0 Å². The molecular weight excluding hydrogens is 398 g/mol. The zero-order valence-electron chi connectivity index (χ0n) is 16.8. The maximum atomic E-state index is 12.2. The fourth-order valence-corrected chi connectivity index (χ4v) is 3.27. The zero-order valence-corrected chi connectivity index (χ0v) is 16.8. The number of benzene rings is 1. The number of rotatable bonds is 7. The molecule has 0 saturated heterocycles. The maximum Gasteiger partial charge on any atom is 0.335 e. The van der Waals surface area contributed by atoms with Crippen LogP contribution in [0.2, 0.25) is 0 Å². The first-order valence-corrected chi connectivity index (χ1v) is 9.11. The Kier molecular flexibility index (Phi) is 7.41. The van der Waals surface area contributed by atoms with Crippen molar-refractivity contribution in [3.05, 3.63) is 29.8 Å². The van der Waals surface area contributed by atoms with E-state index in [4.69, 9.17) is 14.2 Å². The summed E-state index contributed by atoms with van der Waals surface area (Å²) >= 11 is 0. The van der Waals surface area contributed by atoms with Crippen LogP contribution in [-0.4, -0.2) is 71.2 Å². The number of hydrogen-bond donors (Lipinski definition) is 4. The van der Waals surface area contributed by atoms with Crippen LogP contribution in [-0.2, 0) is 19.1 Å². The first-order chi connectivity index (χ1) is 14.1. The second kappa shape index (κ2) is 9.59. The van der Waals surface area contributed by atoms with Crippen LogP contribution in [0.25, 0.3) is 6.08 Å². The van der Waals surface area contributed by atoms with Gasteiger partial charge in [-0.3, -0.25) is 4.79 Å². The first-order valence-electron chi connectivity index (χ1n) is 9.11. The molecule has 0 spiro atoms. The third-order valence-corrected chi connectivity index (χ3v) is 4.76. The lowest BCUT2D eigenvalue weighted by Gasteiger charge is -2.41. The monoisotopic (exact) mass is 423 g/mol. The summed E-state index contributed by atoms with van der Waals surface area (Å²) in [4.78, 5) is 35.0. The van der Waals surface area contributed by atoms with Crippen LogP contribution in [0.15, 0.2) is 24.3 Å². The van der Waals surface area contributed by atoms with Gasteiger partial charge in [0.25, 0.3) is 0 Å². The van der Waals surface area contributed by atoms with E-state index >= 15 is 0 Å². The normalized spacial score (nSPS) is 26.1. The van der Waals surface area contributed by atoms with E-state index in [2.05, 4.69) is 5.32 Å². The predicted molar refractivity (Wildman–Crippen MR) is 104 cm³/mol. The number of carboxylic acid groups (broad SMARTS) is 1. The summed E-state index contributed by atoms with van der Waals surface area (Å²) in [6.07, 6.45) is -1.12. The SMILES string of the molecule is COc1ccc(/C=C/C(=O)O[C@H]2C[C@](O)(C(=O)O)CC(NC(C)=O)[C@H]2O)cc1OC. The highest BCUT2D eigenvalue weighted by Gasteiger charge is 2.51. The van der Waals surface area contributed by atoms with Crippen molar-refractivity contribution in [2.75, 3.05) is 14.2 Å². The summed E-state index contributed by atoms with van der Waals surface area (Å²) in [6, 6.07) is 3.87. The molecule has 164 valence electrons. The number of aliphatic carboxylic acids is 1. The number of amides is 1. The van der Waals surface area contributed by atoms with Crippen molar-refractivity contribution >= 4 is 23.9 Å². The molecule has 4 N–H and O–H groups in total. The molecule has 2 rings (SSSR count). The molecule has 1 aliphatic rings. The van der Waals surface area contributed by atoms with Gasteiger partial charge in [0.2, 0.25) is 5.91 Å². The average molecular weight is 423 g/mol. The molecule has 4 atom stereocenters. The zero-order chi connectivity index (χ0) is 22.5. The quantitative estimate of drug-likeness (QED) is 0.353. The van der Waals surface area contributed by atoms with E-state index < -0.39 is 54.5 Å². The lowest BCUT2D eigenvalue weighted by Crippen LogP contribution is -2.61. The third kappa shape index (κ3) is 5.49. The molecule has 1 aromatic rings. The maximum absolute atomic E-state index is 12.2. The van der Waals surface area contributed by atoms with E-state index in [0.29, 0.717) is 17.1 Å². The van der Waals surface area contributed by atoms with E-state index in [1.54, 1.807) is 18.2 Å². The summed E-state index contributed by atoms with van der Waals surface area (Å²) in [5.41, 5.74) is -1.66. The molecule has 1 fully saturated rings. The molecule has 0 aromatic heterocycles. The number of esters is 1. The number of carbonyl (C=O) groups is 3. The topological polar surface area (TPSA) is 152 Å². The Bertz CT molecular complexity index is 838. The highest BCUT2D eigenvalue weighted by molar-refractivity contribution is 5.87. The molecule has 10 heteroatoms. The Hall–Kier alpha value is -3.11. The fraction of sp³-hybridized carbons (Fsp3) is 0.450. The van der Waals surface area contributed by atoms with Crippen molar-refractivity contribution in [3.8, 4) is 11.5 Å². The molecule has 1 unspecified atom stereocenters. The minimum atomic E-state index is -2.26. The van der Waals surface area contributed by atoms with Crippen molar-refractivity contribution in [3.63, 3.8) is 0 Å². The molecule has 0 aliphatic heterocycles. The van der Waals surface area contributed by atoms with Gasteiger partial charge >= 0.3 is 11.9 Å². The predicted octanol–water partition coefficient (Wildman–Crippen LogP) is 0.104. The number of methoxy groups -OCH3 is 2. The Labute approximate surface area is 173 Å². The summed E-state index contributed by atoms with van der Waals surface area (Å²) < 4.78 is 15.5. The van der Waals surface area contributed by atoms with E-state index in [1.165, 1.54) is 27.2 Å². The van der Waals surface area contributed by atoms with Crippen molar-refractivity contribution in [1.82, 2.24) is 5.32 Å². The van der Waals surface area contributed by atoms with Crippen molar-refractivity contribution < 1.29 is 43.9 Å². The summed E-state index contributed by atoms with van der Waals surface area (Å²) in [5.74, 6) is -1.94. The second-order valence-corrected chi connectivity index (χ2v) is 6.97. The van der Waals surface area contributed by atoms with Gasteiger partial charge in [-0.2, -0.15) is 0 Å². The number of hydrogen-bond acceptors (Lipinski definition) is 8. The Morgan fingerprint density at radius 3 is 2.40 bits per heavy atom. The standard InChI is InChI=1S/C20H25NO9/c1-11(22)21-13-9-20(27,19(25)26)10-16(18(13)24)30-17(23)7-5-12-4-6-14(28-2)15(8-12)29-3/h4-8,13,16,18,24,27H,9-10H2,1-3H3,(H,21,22)(H,25,26)/b7-5+/t13?,16-,18+,20-/m0/s1. The van der Waals surface area contributed by atoms with E-state index in [9.17, 15) is 29.7 Å². The van der Waals surface area contributed by atoms with Gasteiger partial charge in [-0.15, -0.1) is 0 Å². The van der Waals surface area contributed by atoms with Crippen LogP contribution in [0.5, 0.6) is 11.5 Å². The van der Waals surface area contributed by atoms with Crippen LogP contribution < -0.4 is 14.8 Å². The lowest BCUT2D eigenvalue weighted by molar-refractivity contribution is -0.184. The number of carbonyl (C=O) groups excluding carboxylic acids is 2. The highest BCUT2D eigenvalue weighted by atomic mass is 16.6. The number of aliphatic hydroxyl groups excluding tert-OH is 1. The van der Waals surface area contributed by atoms with Crippen molar-refractivity contribution in [2.24, 2.45) is 0 Å². The highest BCUT2D eigenvalue weighted by Crippen LogP contribution is 2.32. The summed E-state index contributed by atoms with van der Waals surface area (Å²) in [5, 5.41) is 32.4. The lowest BCUT2D eigenvalue weighted by atomic mass is 9.78. The number of nitrogens with one attached hydrogen (secondary N) is 1. The van der Waals surface area contributed by atoms with E-state index in [1.807, 2.05) is 0 Å². The van der Waals surface area contributed by atoms with Gasteiger partial charge in [-0.25, -0.2) is 9.59 Å². The molecule has 0 radical (unpaired) electrons. The fourth-order valence-electron chi connectivity index (χ4n) is 3.27. The molecule has 1 amide bonds. The van der Waals surface area contributed by atoms with Crippen LogP contribution >= 0.6 is 0 Å². The van der Waals surface area contributed by atoms with E-state index in [0.717, 1.165) is 6.08 Å². The second-order valence-electron chi connectivity index (χ2n) is 6.97. The number of carboxylic acids is 1. The van der Waals surface area contributed by atoms with Crippen molar-refractivity contribution in [2.45, 2.75) is 43.6 Å². The van der Waals surface area contributed by atoms with Crippen LogP contribution in [0.4, 0.5) is 0 Å². The minimum absolute atomic E-state index is 0.418. The van der Waals surface area contributed by atoms with Crippen LogP contribution in [0, 0.1) is 0 Å². The first kappa shape index (κ1) is 23.2. The van der Waals surface area contributed by atoms with Gasteiger partial charge in [0.05, 0.1) is 20.3 Å². The molecule has 30 heavy (non-hydrogen) atoms. The van der Waals surface area contributed by atoms with Crippen LogP contribution in [0.1, 0.15) is 25.3 Å². The molecule has 0 heterocycles. The molecule has 1 aliphatic carbocycles. The van der Waals surface area contributed by atoms with Gasteiger partial charge in [0, 0.05) is 25.8 Å². The molecule has 1 saturated carbocycles. The smallest absolute Gasteiger partial charge is 0.335 e. The van der Waals surface area contributed by atoms with Gasteiger partial charge in [-0.05, 0) is 23.8 Å². The van der Waals surface area contributed by atoms with Gasteiger partial charge in [-0.1, -0.05) is 6.07 Å². The number of ether oxygens (including phenoxy) is 3. The molecular formula is C20H25NO9. The molecule has 10 nitrogen and oxygen atoms in total. The average Bonchev–Trinajstić information content (AvgIpc) is 2.69. The molecule has 0 bridgehead atoms. The summed E-state index contributed by atoms with van der Waals surface area (Å²) in [7, 11) is 2.96. The Morgan fingerprint density at radius 2 is 1.83 bits per heavy atom. The Morgan fingerprint density at radius 1 is 1.17 bits per heavy atom. The largest absolute Gasteiger partial charge is 0.493 e. The summed E-state index contributed by atoms with van der Waals surface area (Å²) in [6.45, 7) is 1.19. The van der Waals surface area contributed by atoms with Gasteiger partial charge in [0.1, 0.15) is 12.2 Å². The van der Waals surface area contributed by atoms with Crippen LogP contribution in [0.3, 0.4) is 0 Å². The molecule has 1 aromatic carbocycles. The van der Waals surface area contributed by atoms with Crippen molar-refractivity contribution in [1.29, 1.82) is 0 Å². The third-order valence-electron chi connectivity index (χ3n) is 4.76.